The van der Waals surface area contributed by atoms with Gasteiger partial charge in [0, 0.05) is 22.3 Å². The number of rotatable bonds is 3. The molecule has 0 aliphatic heterocycles. The molecule has 2 N–H and O–H groups in total. The summed E-state index contributed by atoms with van der Waals surface area (Å²) in [6, 6.07) is 15.2. The van der Waals surface area contributed by atoms with E-state index in [0.717, 1.165) is 27.7 Å². The van der Waals surface area contributed by atoms with Crippen LogP contribution in [0.5, 0.6) is 0 Å². The van der Waals surface area contributed by atoms with E-state index in [9.17, 15) is 0 Å². The van der Waals surface area contributed by atoms with Gasteiger partial charge in [0.2, 0.25) is 0 Å². The van der Waals surface area contributed by atoms with Crippen LogP contribution >= 0.6 is 11.6 Å². The van der Waals surface area contributed by atoms with E-state index in [-0.39, 0.29) is 0 Å². The highest BCUT2D eigenvalue weighted by Gasteiger charge is 2.12. The van der Waals surface area contributed by atoms with Crippen molar-refractivity contribution in [3.63, 3.8) is 0 Å². The first-order chi connectivity index (χ1) is 11.7. The number of halogens is 1. The zero-order valence-corrected chi connectivity index (χ0v) is 13.4. The molecule has 118 valence electrons. The van der Waals surface area contributed by atoms with E-state index in [0.29, 0.717) is 23.2 Å². The summed E-state index contributed by atoms with van der Waals surface area (Å²) in [6.07, 6.45) is 1.71. The fourth-order valence-corrected chi connectivity index (χ4v) is 2.69. The molecule has 4 rings (SSSR count). The van der Waals surface area contributed by atoms with Crippen LogP contribution in [0.15, 0.2) is 59.3 Å². The van der Waals surface area contributed by atoms with Gasteiger partial charge in [-0.1, -0.05) is 22.8 Å². The summed E-state index contributed by atoms with van der Waals surface area (Å²) in [5.41, 5.74) is 9.10. The SMILES string of the molecule is NCc1nccc(-c2ccc3noc(-c4ccc(Cl)cc4)c3c2)n1. The third-order valence-corrected chi connectivity index (χ3v) is 4.02. The van der Waals surface area contributed by atoms with Gasteiger partial charge in [0.15, 0.2) is 5.76 Å². The van der Waals surface area contributed by atoms with Gasteiger partial charge in [-0.25, -0.2) is 9.97 Å². The van der Waals surface area contributed by atoms with Crippen molar-refractivity contribution in [3.05, 3.63) is 65.6 Å². The maximum Gasteiger partial charge on any atom is 0.174 e. The Labute approximate surface area is 143 Å². The number of fused-ring (bicyclic) bond motifs is 1. The second-order valence-corrected chi connectivity index (χ2v) is 5.75. The molecule has 2 aromatic heterocycles. The lowest BCUT2D eigenvalue weighted by Crippen LogP contribution is -2.02. The summed E-state index contributed by atoms with van der Waals surface area (Å²) >= 11 is 5.95. The molecule has 0 spiro atoms. The Kier molecular flexibility index (Phi) is 3.72. The number of aromatic nitrogens is 3. The van der Waals surface area contributed by atoms with Crippen molar-refractivity contribution in [3.8, 4) is 22.6 Å². The second kappa shape index (κ2) is 6.03. The number of nitrogens with zero attached hydrogens (tertiary/aromatic N) is 3. The molecule has 24 heavy (non-hydrogen) atoms. The van der Waals surface area contributed by atoms with Crippen molar-refractivity contribution in [2.75, 3.05) is 0 Å². The summed E-state index contributed by atoms with van der Waals surface area (Å²) in [5, 5.41) is 5.72. The normalized spacial score (nSPS) is 11.1. The Morgan fingerprint density at radius 2 is 1.79 bits per heavy atom. The third-order valence-electron chi connectivity index (χ3n) is 3.77. The fourth-order valence-electron chi connectivity index (χ4n) is 2.57. The summed E-state index contributed by atoms with van der Waals surface area (Å²) in [6.45, 7) is 0.305. The highest BCUT2D eigenvalue weighted by Crippen LogP contribution is 2.32. The van der Waals surface area contributed by atoms with Crippen molar-refractivity contribution >= 4 is 22.5 Å². The average Bonchev–Trinajstić information content (AvgIpc) is 3.05. The van der Waals surface area contributed by atoms with Crippen LogP contribution in [0.1, 0.15) is 5.82 Å². The van der Waals surface area contributed by atoms with E-state index in [4.69, 9.17) is 21.9 Å². The van der Waals surface area contributed by atoms with E-state index < -0.39 is 0 Å². The number of hydrogen-bond acceptors (Lipinski definition) is 5. The highest BCUT2D eigenvalue weighted by atomic mass is 35.5. The molecule has 6 heteroatoms. The topological polar surface area (TPSA) is 77.8 Å². The molecular weight excluding hydrogens is 324 g/mol. The lowest BCUT2D eigenvalue weighted by Gasteiger charge is -2.03. The van der Waals surface area contributed by atoms with Gasteiger partial charge in [0.1, 0.15) is 11.3 Å². The van der Waals surface area contributed by atoms with Crippen LogP contribution in [0.25, 0.3) is 33.5 Å². The second-order valence-electron chi connectivity index (χ2n) is 5.31. The van der Waals surface area contributed by atoms with E-state index in [1.54, 1.807) is 6.20 Å². The predicted octanol–water partition coefficient (Wildman–Crippen LogP) is 4.06. The van der Waals surface area contributed by atoms with Crippen LogP contribution in [0.2, 0.25) is 5.02 Å². The van der Waals surface area contributed by atoms with Gasteiger partial charge in [-0.2, -0.15) is 0 Å². The van der Waals surface area contributed by atoms with Crippen LogP contribution in [0.4, 0.5) is 0 Å². The Morgan fingerprint density at radius 1 is 1.00 bits per heavy atom. The van der Waals surface area contributed by atoms with Gasteiger partial charge in [-0.15, -0.1) is 0 Å². The minimum atomic E-state index is 0.305. The first-order valence-corrected chi connectivity index (χ1v) is 7.80. The quantitative estimate of drug-likeness (QED) is 0.610. The van der Waals surface area contributed by atoms with Gasteiger partial charge >= 0.3 is 0 Å². The molecule has 0 aliphatic rings. The summed E-state index contributed by atoms with van der Waals surface area (Å²) < 4.78 is 5.53. The van der Waals surface area contributed by atoms with Gasteiger partial charge in [-0.3, -0.25) is 0 Å². The van der Waals surface area contributed by atoms with E-state index in [1.807, 2.05) is 48.5 Å². The summed E-state index contributed by atoms with van der Waals surface area (Å²) in [4.78, 5) is 8.59. The smallest absolute Gasteiger partial charge is 0.174 e. The van der Waals surface area contributed by atoms with Crippen molar-refractivity contribution < 1.29 is 4.52 Å². The van der Waals surface area contributed by atoms with Crippen molar-refractivity contribution in [2.45, 2.75) is 6.54 Å². The van der Waals surface area contributed by atoms with Crippen molar-refractivity contribution in [1.29, 1.82) is 0 Å². The van der Waals surface area contributed by atoms with Gasteiger partial charge in [-0.05, 0) is 42.5 Å². The fraction of sp³-hybridized carbons (Fsp3) is 0.0556. The van der Waals surface area contributed by atoms with Crippen LogP contribution in [-0.4, -0.2) is 15.1 Å². The molecular formula is C18H13ClN4O. The van der Waals surface area contributed by atoms with E-state index >= 15 is 0 Å². The zero-order valence-electron chi connectivity index (χ0n) is 12.6. The Hall–Kier alpha value is -2.76. The third kappa shape index (κ3) is 2.64. The average molecular weight is 337 g/mol. The molecule has 0 bridgehead atoms. The highest BCUT2D eigenvalue weighted by molar-refractivity contribution is 6.30. The predicted molar refractivity (Wildman–Crippen MR) is 93.4 cm³/mol. The molecule has 2 aromatic carbocycles. The monoisotopic (exact) mass is 336 g/mol. The molecule has 5 nitrogen and oxygen atoms in total. The molecule has 0 amide bonds. The van der Waals surface area contributed by atoms with E-state index in [1.165, 1.54) is 0 Å². The van der Waals surface area contributed by atoms with Crippen LogP contribution < -0.4 is 5.73 Å². The van der Waals surface area contributed by atoms with Crippen LogP contribution in [0, 0.1) is 0 Å². The first-order valence-electron chi connectivity index (χ1n) is 7.42. The molecule has 0 saturated carbocycles. The van der Waals surface area contributed by atoms with Gasteiger partial charge in [0.25, 0.3) is 0 Å². The zero-order chi connectivity index (χ0) is 16.5. The molecule has 0 saturated heterocycles. The number of hydrogen-bond donors (Lipinski definition) is 1. The maximum absolute atomic E-state index is 5.95. The van der Waals surface area contributed by atoms with Gasteiger partial charge in [0.05, 0.1) is 17.6 Å². The molecule has 4 aromatic rings. The molecule has 0 aliphatic carbocycles. The Morgan fingerprint density at radius 3 is 2.58 bits per heavy atom. The summed E-state index contributed by atoms with van der Waals surface area (Å²) in [7, 11) is 0. The minimum absolute atomic E-state index is 0.305. The molecule has 2 heterocycles. The van der Waals surface area contributed by atoms with Crippen LogP contribution in [-0.2, 0) is 6.54 Å². The maximum atomic E-state index is 5.95. The lowest BCUT2D eigenvalue weighted by molar-refractivity contribution is 0.441. The van der Waals surface area contributed by atoms with Crippen LogP contribution in [0.3, 0.4) is 0 Å². The number of benzene rings is 2. The molecule has 0 radical (unpaired) electrons. The largest absolute Gasteiger partial charge is 0.355 e. The Bertz CT molecular complexity index is 1010. The molecule has 0 unspecified atom stereocenters. The van der Waals surface area contributed by atoms with E-state index in [2.05, 4.69) is 15.1 Å². The standard InChI is InChI=1S/C18H13ClN4O/c19-13-4-1-11(2-5-13)18-14-9-12(3-6-16(14)23-24-18)15-7-8-21-17(10-20)22-15/h1-9H,10,20H2. The minimum Gasteiger partial charge on any atom is -0.355 e. The Balaban J connectivity index is 1.85. The lowest BCUT2D eigenvalue weighted by atomic mass is 10.0. The summed E-state index contributed by atoms with van der Waals surface area (Å²) in [5.74, 6) is 1.31. The first kappa shape index (κ1) is 14.8. The van der Waals surface area contributed by atoms with Gasteiger partial charge < -0.3 is 10.3 Å². The molecule has 0 atom stereocenters. The number of nitrogens with two attached hydrogens (primary N) is 1. The van der Waals surface area contributed by atoms with Crippen molar-refractivity contribution in [2.24, 2.45) is 5.73 Å². The van der Waals surface area contributed by atoms with Crippen molar-refractivity contribution in [1.82, 2.24) is 15.1 Å². The molecule has 0 fully saturated rings.